The van der Waals surface area contributed by atoms with E-state index in [0.717, 1.165) is 11.3 Å². The van der Waals surface area contributed by atoms with Crippen LogP contribution in [0.25, 0.3) is 0 Å². The van der Waals surface area contributed by atoms with Crippen LogP contribution >= 0.6 is 0 Å². The average molecular weight is 228 g/mol. The molecule has 4 heteroatoms. The standard InChI is InChI=1S/C13H12N2O2/c16-13(17)11-5-3-10(4-6-11)8-15-12-2-1-7-14-9-12/h1-7,9,15H,8H2,(H,16,17). The van der Waals surface area contributed by atoms with Gasteiger partial charge in [0.05, 0.1) is 11.3 Å². The maximum absolute atomic E-state index is 10.7. The second kappa shape index (κ2) is 5.12. The number of benzene rings is 1. The van der Waals surface area contributed by atoms with Crippen molar-refractivity contribution in [3.05, 3.63) is 59.9 Å². The molecule has 0 aliphatic heterocycles. The quantitative estimate of drug-likeness (QED) is 0.843. The van der Waals surface area contributed by atoms with Crippen molar-refractivity contribution in [1.82, 2.24) is 4.98 Å². The van der Waals surface area contributed by atoms with Gasteiger partial charge in [-0.1, -0.05) is 12.1 Å². The van der Waals surface area contributed by atoms with Gasteiger partial charge in [-0.05, 0) is 29.8 Å². The molecule has 1 heterocycles. The number of carbonyl (C=O) groups is 1. The van der Waals surface area contributed by atoms with E-state index in [1.807, 2.05) is 12.1 Å². The Bertz CT molecular complexity index is 495. The molecule has 0 spiro atoms. The lowest BCUT2D eigenvalue weighted by Gasteiger charge is -2.05. The maximum atomic E-state index is 10.7. The van der Waals surface area contributed by atoms with Crippen LogP contribution in [0.15, 0.2) is 48.8 Å². The number of hydrogen-bond acceptors (Lipinski definition) is 3. The molecule has 0 fully saturated rings. The minimum absolute atomic E-state index is 0.301. The summed E-state index contributed by atoms with van der Waals surface area (Å²) in [4.78, 5) is 14.7. The number of anilines is 1. The molecule has 0 radical (unpaired) electrons. The Labute approximate surface area is 98.9 Å². The maximum Gasteiger partial charge on any atom is 0.335 e. The molecule has 2 aromatic rings. The van der Waals surface area contributed by atoms with Crippen molar-refractivity contribution in [3.8, 4) is 0 Å². The summed E-state index contributed by atoms with van der Waals surface area (Å²) in [6.45, 7) is 0.644. The zero-order chi connectivity index (χ0) is 12.1. The van der Waals surface area contributed by atoms with Crippen LogP contribution in [0.1, 0.15) is 15.9 Å². The Kier molecular flexibility index (Phi) is 3.35. The van der Waals surface area contributed by atoms with Crippen LogP contribution in [0.2, 0.25) is 0 Å². The number of hydrogen-bond donors (Lipinski definition) is 2. The second-order valence-electron chi connectivity index (χ2n) is 3.60. The van der Waals surface area contributed by atoms with Gasteiger partial charge in [-0.15, -0.1) is 0 Å². The minimum Gasteiger partial charge on any atom is -0.478 e. The molecule has 2 N–H and O–H groups in total. The van der Waals surface area contributed by atoms with Crippen LogP contribution in [0.3, 0.4) is 0 Å². The van der Waals surface area contributed by atoms with Crippen molar-refractivity contribution in [2.24, 2.45) is 0 Å². The van der Waals surface area contributed by atoms with Crippen molar-refractivity contribution in [1.29, 1.82) is 0 Å². The number of aromatic carboxylic acids is 1. The zero-order valence-electron chi connectivity index (χ0n) is 9.13. The summed E-state index contributed by atoms with van der Waals surface area (Å²) in [5, 5.41) is 12.0. The van der Waals surface area contributed by atoms with Gasteiger partial charge in [-0.3, -0.25) is 4.98 Å². The lowest BCUT2D eigenvalue weighted by molar-refractivity contribution is 0.0697. The van der Waals surface area contributed by atoms with Crippen molar-refractivity contribution in [2.45, 2.75) is 6.54 Å². The summed E-state index contributed by atoms with van der Waals surface area (Å²) in [7, 11) is 0. The fraction of sp³-hybridized carbons (Fsp3) is 0.0769. The Balaban J connectivity index is 1.98. The van der Waals surface area contributed by atoms with Crippen LogP contribution in [-0.2, 0) is 6.54 Å². The number of aromatic nitrogens is 1. The van der Waals surface area contributed by atoms with E-state index in [2.05, 4.69) is 10.3 Å². The second-order valence-corrected chi connectivity index (χ2v) is 3.60. The highest BCUT2D eigenvalue weighted by molar-refractivity contribution is 5.87. The molecule has 0 saturated carbocycles. The van der Waals surface area contributed by atoms with Crippen molar-refractivity contribution in [3.63, 3.8) is 0 Å². The molecule has 2 rings (SSSR count). The number of pyridine rings is 1. The van der Waals surface area contributed by atoms with Gasteiger partial charge in [0.1, 0.15) is 0 Å². The average Bonchev–Trinajstić information content (AvgIpc) is 2.38. The molecule has 1 aromatic heterocycles. The first kappa shape index (κ1) is 11.1. The van der Waals surface area contributed by atoms with Gasteiger partial charge >= 0.3 is 5.97 Å². The van der Waals surface area contributed by atoms with E-state index in [4.69, 9.17) is 5.11 Å². The van der Waals surface area contributed by atoms with Gasteiger partial charge < -0.3 is 10.4 Å². The van der Waals surface area contributed by atoms with Gasteiger partial charge in [0.25, 0.3) is 0 Å². The third-order valence-electron chi connectivity index (χ3n) is 2.36. The van der Waals surface area contributed by atoms with E-state index in [-0.39, 0.29) is 0 Å². The smallest absolute Gasteiger partial charge is 0.335 e. The molecule has 4 nitrogen and oxygen atoms in total. The summed E-state index contributed by atoms with van der Waals surface area (Å²) in [6, 6.07) is 10.6. The van der Waals surface area contributed by atoms with Crippen LogP contribution in [-0.4, -0.2) is 16.1 Å². The fourth-order valence-corrected chi connectivity index (χ4v) is 1.44. The van der Waals surface area contributed by atoms with Gasteiger partial charge in [-0.25, -0.2) is 4.79 Å². The first-order chi connectivity index (χ1) is 8.25. The SMILES string of the molecule is O=C(O)c1ccc(CNc2cccnc2)cc1. The van der Waals surface area contributed by atoms with Crippen molar-refractivity contribution < 1.29 is 9.90 Å². The predicted molar refractivity (Wildman–Crippen MR) is 65.0 cm³/mol. The molecule has 0 amide bonds. The van der Waals surface area contributed by atoms with Crippen LogP contribution in [0, 0.1) is 0 Å². The third-order valence-corrected chi connectivity index (χ3v) is 2.36. The number of nitrogens with one attached hydrogen (secondary N) is 1. The summed E-state index contributed by atoms with van der Waals surface area (Å²) < 4.78 is 0. The minimum atomic E-state index is -0.906. The molecule has 86 valence electrons. The van der Waals surface area contributed by atoms with E-state index >= 15 is 0 Å². The van der Waals surface area contributed by atoms with E-state index in [0.29, 0.717) is 12.1 Å². The Morgan fingerprint density at radius 2 is 2.00 bits per heavy atom. The number of carboxylic acids is 1. The molecule has 0 atom stereocenters. The Morgan fingerprint density at radius 3 is 2.59 bits per heavy atom. The molecular weight excluding hydrogens is 216 g/mol. The first-order valence-corrected chi connectivity index (χ1v) is 5.22. The number of nitrogens with zero attached hydrogens (tertiary/aromatic N) is 1. The van der Waals surface area contributed by atoms with Crippen LogP contribution < -0.4 is 5.32 Å². The summed E-state index contributed by atoms with van der Waals surface area (Å²) >= 11 is 0. The van der Waals surface area contributed by atoms with E-state index in [1.54, 1.807) is 36.7 Å². The Morgan fingerprint density at radius 1 is 1.24 bits per heavy atom. The first-order valence-electron chi connectivity index (χ1n) is 5.22. The van der Waals surface area contributed by atoms with Crippen molar-refractivity contribution in [2.75, 3.05) is 5.32 Å². The molecular formula is C13H12N2O2. The zero-order valence-corrected chi connectivity index (χ0v) is 9.13. The fourth-order valence-electron chi connectivity index (χ4n) is 1.44. The highest BCUT2D eigenvalue weighted by atomic mass is 16.4. The monoisotopic (exact) mass is 228 g/mol. The topological polar surface area (TPSA) is 62.2 Å². The van der Waals surface area contributed by atoms with E-state index in [9.17, 15) is 4.79 Å². The van der Waals surface area contributed by atoms with Crippen molar-refractivity contribution >= 4 is 11.7 Å². The van der Waals surface area contributed by atoms with E-state index < -0.39 is 5.97 Å². The van der Waals surface area contributed by atoms with Gasteiger partial charge in [-0.2, -0.15) is 0 Å². The molecule has 0 bridgehead atoms. The number of carboxylic acid groups (broad SMARTS) is 1. The van der Waals surface area contributed by atoms with Gasteiger partial charge in [0.15, 0.2) is 0 Å². The lowest BCUT2D eigenvalue weighted by atomic mass is 10.1. The lowest BCUT2D eigenvalue weighted by Crippen LogP contribution is -2.01. The van der Waals surface area contributed by atoms with Gasteiger partial charge in [0.2, 0.25) is 0 Å². The summed E-state index contributed by atoms with van der Waals surface area (Å²) in [5.74, 6) is -0.906. The van der Waals surface area contributed by atoms with Crippen LogP contribution in [0.4, 0.5) is 5.69 Å². The highest BCUT2D eigenvalue weighted by Gasteiger charge is 2.01. The van der Waals surface area contributed by atoms with Crippen LogP contribution in [0.5, 0.6) is 0 Å². The van der Waals surface area contributed by atoms with E-state index in [1.165, 1.54) is 0 Å². The molecule has 1 aromatic carbocycles. The molecule has 0 saturated heterocycles. The normalized spacial score (nSPS) is 9.88. The highest BCUT2D eigenvalue weighted by Crippen LogP contribution is 2.08. The third kappa shape index (κ3) is 3.04. The molecule has 17 heavy (non-hydrogen) atoms. The number of rotatable bonds is 4. The Hall–Kier alpha value is -2.36. The summed E-state index contributed by atoms with van der Waals surface area (Å²) in [6.07, 6.45) is 3.46. The summed E-state index contributed by atoms with van der Waals surface area (Å²) in [5.41, 5.74) is 2.27. The largest absolute Gasteiger partial charge is 0.478 e. The predicted octanol–water partition coefficient (Wildman–Crippen LogP) is 2.39. The van der Waals surface area contributed by atoms with Gasteiger partial charge in [0, 0.05) is 18.9 Å². The molecule has 0 aliphatic carbocycles. The molecule has 0 unspecified atom stereocenters. The molecule has 0 aliphatic rings.